The lowest BCUT2D eigenvalue weighted by atomic mass is 9.70. The summed E-state index contributed by atoms with van der Waals surface area (Å²) in [4.78, 5) is 12.4. The van der Waals surface area contributed by atoms with Crippen LogP contribution in [0.15, 0.2) is 12.7 Å². The molecular weight excluding hydrogens is 186 g/mol. The molecule has 0 aliphatic heterocycles. The molecule has 2 rings (SSSR count). The van der Waals surface area contributed by atoms with Gasteiger partial charge in [0.25, 0.3) is 0 Å². The molecule has 0 aromatic carbocycles. The Kier molecular flexibility index (Phi) is 1.98. The van der Waals surface area contributed by atoms with E-state index in [0.29, 0.717) is 12.3 Å². The van der Waals surface area contributed by atoms with Crippen LogP contribution in [0, 0.1) is 16.7 Å². The van der Waals surface area contributed by atoms with Crippen LogP contribution >= 0.6 is 0 Å². The van der Waals surface area contributed by atoms with Gasteiger partial charge in [0, 0.05) is 5.41 Å². The Morgan fingerprint density at radius 2 is 2.13 bits per heavy atom. The molecule has 2 aliphatic rings. The van der Waals surface area contributed by atoms with Crippen LogP contribution in [0.5, 0.6) is 0 Å². The van der Waals surface area contributed by atoms with Crippen molar-refractivity contribution in [1.82, 2.24) is 0 Å². The first kappa shape index (κ1) is 10.9. The Balaban J connectivity index is 2.51. The van der Waals surface area contributed by atoms with Crippen LogP contribution in [0.4, 0.5) is 0 Å². The largest absolute Gasteiger partial charge is 0.318 e. The third kappa shape index (κ3) is 0.963. The second-order valence-corrected chi connectivity index (χ2v) is 6.01. The molecule has 0 radical (unpaired) electrons. The molecule has 0 aromatic rings. The first-order valence-electron chi connectivity index (χ1n) is 5.75. The van der Waals surface area contributed by atoms with E-state index in [4.69, 9.17) is 5.73 Å². The van der Waals surface area contributed by atoms with Crippen LogP contribution in [0.1, 0.15) is 40.0 Å². The molecule has 2 nitrogen and oxygen atoms in total. The maximum Gasteiger partial charge on any atom is 0.159 e. The molecule has 2 fully saturated rings. The minimum Gasteiger partial charge on any atom is -0.318 e. The van der Waals surface area contributed by atoms with Crippen molar-refractivity contribution in [2.75, 3.05) is 0 Å². The lowest BCUT2D eigenvalue weighted by molar-refractivity contribution is -0.132. The third-order valence-corrected chi connectivity index (χ3v) is 5.25. The van der Waals surface area contributed by atoms with Gasteiger partial charge in [-0.25, -0.2) is 0 Å². The molecule has 2 N–H and O–H groups in total. The van der Waals surface area contributed by atoms with Gasteiger partial charge in [0.05, 0.1) is 5.54 Å². The van der Waals surface area contributed by atoms with Gasteiger partial charge in [-0.1, -0.05) is 26.8 Å². The summed E-state index contributed by atoms with van der Waals surface area (Å²) in [5, 5.41) is 0. The second kappa shape index (κ2) is 2.73. The van der Waals surface area contributed by atoms with Crippen molar-refractivity contribution in [3.63, 3.8) is 0 Å². The number of nitrogens with two attached hydrogens (primary N) is 1. The normalized spacial score (nSPS) is 47.2. The smallest absolute Gasteiger partial charge is 0.159 e. The van der Waals surface area contributed by atoms with E-state index >= 15 is 0 Å². The summed E-state index contributed by atoms with van der Waals surface area (Å²) in [5.41, 5.74) is 5.53. The lowest BCUT2D eigenvalue weighted by Gasteiger charge is -2.33. The predicted octanol–water partition coefficient (Wildman–Crippen LogP) is 2.29. The highest BCUT2D eigenvalue weighted by Gasteiger charge is 2.71. The van der Waals surface area contributed by atoms with Crippen molar-refractivity contribution in [3.05, 3.63) is 12.7 Å². The highest BCUT2D eigenvalue weighted by Crippen LogP contribution is 2.66. The van der Waals surface area contributed by atoms with Crippen molar-refractivity contribution < 1.29 is 4.79 Å². The van der Waals surface area contributed by atoms with Crippen LogP contribution in [0.3, 0.4) is 0 Å². The Hall–Kier alpha value is -0.630. The van der Waals surface area contributed by atoms with Crippen LogP contribution < -0.4 is 5.73 Å². The third-order valence-electron chi connectivity index (χ3n) is 5.25. The summed E-state index contributed by atoms with van der Waals surface area (Å²) >= 11 is 0. The van der Waals surface area contributed by atoms with Gasteiger partial charge in [-0.15, -0.1) is 6.58 Å². The van der Waals surface area contributed by atoms with Gasteiger partial charge in [-0.2, -0.15) is 0 Å². The quantitative estimate of drug-likeness (QED) is 0.706. The summed E-state index contributed by atoms with van der Waals surface area (Å²) in [6, 6.07) is 0. The molecule has 3 unspecified atom stereocenters. The van der Waals surface area contributed by atoms with Crippen LogP contribution in [-0.4, -0.2) is 11.3 Å². The summed E-state index contributed by atoms with van der Waals surface area (Å²) in [6.45, 7) is 10.2. The van der Waals surface area contributed by atoms with E-state index < -0.39 is 5.54 Å². The molecule has 3 atom stereocenters. The van der Waals surface area contributed by atoms with E-state index in [2.05, 4.69) is 27.4 Å². The van der Waals surface area contributed by atoms with E-state index in [1.807, 2.05) is 0 Å². The Morgan fingerprint density at radius 1 is 1.53 bits per heavy atom. The molecule has 84 valence electrons. The Bertz CT molecular complexity index is 333. The molecule has 2 saturated carbocycles. The second-order valence-electron chi connectivity index (χ2n) is 6.01. The molecule has 2 bridgehead atoms. The molecule has 0 amide bonds. The number of rotatable bonds is 2. The van der Waals surface area contributed by atoms with Gasteiger partial charge < -0.3 is 5.73 Å². The average Bonchev–Trinajstić information content (AvgIpc) is 2.42. The van der Waals surface area contributed by atoms with E-state index in [1.165, 1.54) is 0 Å². The van der Waals surface area contributed by atoms with Gasteiger partial charge in [0.2, 0.25) is 0 Å². The summed E-state index contributed by atoms with van der Waals surface area (Å²) in [6.07, 6.45) is 4.49. The molecule has 0 aromatic heterocycles. The highest BCUT2D eigenvalue weighted by atomic mass is 16.1. The zero-order valence-electron chi connectivity index (χ0n) is 9.97. The van der Waals surface area contributed by atoms with Gasteiger partial charge in [-0.3, -0.25) is 4.79 Å². The fraction of sp³-hybridized carbons (Fsp3) is 0.769. The van der Waals surface area contributed by atoms with E-state index in [9.17, 15) is 4.79 Å². The van der Waals surface area contributed by atoms with Gasteiger partial charge in [0.1, 0.15) is 0 Å². The minimum atomic E-state index is -0.641. The van der Waals surface area contributed by atoms with Crippen molar-refractivity contribution >= 4 is 5.78 Å². The topological polar surface area (TPSA) is 43.1 Å². The van der Waals surface area contributed by atoms with Gasteiger partial charge in [0.15, 0.2) is 5.78 Å². The molecule has 15 heavy (non-hydrogen) atoms. The minimum absolute atomic E-state index is 0.0435. The number of carbonyl (C=O) groups excluding carboxylic acids is 1. The fourth-order valence-electron chi connectivity index (χ4n) is 3.95. The zero-order valence-corrected chi connectivity index (χ0v) is 9.97. The highest BCUT2D eigenvalue weighted by molar-refractivity contribution is 5.98. The van der Waals surface area contributed by atoms with Crippen LogP contribution in [0.25, 0.3) is 0 Å². The van der Waals surface area contributed by atoms with Gasteiger partial charge in [-0.05, 0) is 30.6 Å². The molecule has 2 heteroatoms. The summed E-state index contributed by atoms with van der Waals surface area (Å²) in [5.74, 6) is 0.580. The monoisotopic (exact) mass is 207 g/mol. The van der Waals surface area contributed by atoms with E-state index in [1.54, 1.807) is 6.08 Å². The molecule has 0 spiro atoms. The number of ketones is 1. The Labute approximate surface area is 91.9 Å². The number of Topliss-reactive ketones (excluding diaryl/α,β-unsaturated/α-hetero) is 1. The first-order valence-corrected chi connectivity index (χ1v) is 5.75. The number of hydrogen-bond donors (Lipinski definition) is 1. The summed E-state index contributed by atoms with van der Waals surface area (Å²) in [7, 11) is 0. The molecule has 2 aliphatic carbocycles. The maximum absolute atomic E-state index is 12.4. The number of fused-ring (bicyclic) bond motifs is 2. The maximum atomic E-state index is 12.4. The van der Waals surface area contributed by atoms with Crippen LogP contribution in [0.2, 0.25) is 0 Å². The molecule has 0 saturated heterocycles. The van der Waals surface area contributed by atoms with Crippen molar-refractivity contribution in [2.45, 2.75) is 45.6 Å². The van der Waals surface area contributed by atoms with E-state index in [0.717, 1.165) is 12.8 Å². The van der Waals surface area contributed by atoms with Crippen molar-refractivity contribution in [2.24, 2.45) is 22.5 Å². The van der Waals surface area contributed by atoms with E-state index in [-0.39, 0.29) is 16.6 Å². The zero-order chi connectivity index (χ0) is 11.5. The lowest BCUT2D eigenvalue weighted by Crippen LogP contribution is -2.53. The van der Waals surface area contributed by atoms with Crippen molar-refractivity contribution in [1.29, 1.82) is 0 Å². The summed E-state index contributed by atoms with van der Waals surface area (Å²) < 4.78 is 0. The van der Waals surface area contributed by atoms with Crippen molar-refractivity contribution in [3.8, 4) is 0 Å². The molecular formula is C13H21NO. The fourth-order valence-corrected chi connectivity index (χ4v) is 3.95. The number of hydrogen-bond acceptors (Lipinski definition) is 2. The standard InChI is InChI=1S/C13H21NO/c1-5-7-13(14)9-6-8-12(4,10(13)15)11(9,2)3/h5,9H,1,6-8,14H2,2-4H3. The Morgan fingerprint density at radius 3 is 2.53 bits per heavy atom. The van der Waals surface area contributed by atoms with Gasteiger partial charge >= 0.3 is 0 Å². The first-order chi connectivity index (χ1) is 6.80. The SMILES string of the molecule is C=CCC1(N)C(=O)C2(C)CCC1C2(C)C. The number of carbonyl (C=O) groups is 1. The molecule has 0 heterocycles. The van der Waals surface area contributed by atoms with Crippen LogP contribution in [-0.2, 0) is 4.79 Å². The predicted molar refractivity (Wildman–Crippen MR) is 61.4 cm³/mol. The average molecular weight is 207 g/mol.